The molecule has 0 saturated heterocycles. The number of nitrogens with zero attached hydrogens (tertiary/aromatic N) is 1. The van der Waals surface area contributed by atoms with Gasteiger partial charge in [0.05, 0.1) is 24.6 Å². The Bertz CT molecular complexity index is 456. The van der Waals surface area contributed by atoms with Gasteiger partial charge in [-0.1, -0.05) is 13.3 Å². The zero-order chi connectivity index (χ0) is 13.2. The number of aromatic nitrogens is 1. The summed E-state index contributed by atoms with van der Waals surface area (Å²) in [6, 6.07) is 1.64. The Labute approximate surface area is 107 Å². The van der Waals surface area contributed by atoms with Gasteiger partial charge in [-0.15, -0.1) is 0 Å². The van der Waals surface area contributed by atoms with Crippen molar-refractivity contribution < 1.29 is 9.53 Å². The maximum Gasteiger partial charge on any atom is 0.340 e. The van der Waals surface area contributed by atoms with Crippen molar-refractivity contribution in [1.82, 2.24) is 4.98 Å². The van der Waals surface area contributed by atoms with E-state index in [1.807, 2.05) is 0 Å². The number of anilines is 2. The van der Waals surface area contributed by atoms with Crippen LogP contribution in [-0.2, 0) is 4.74 Å². The summed E-state index contributed by atoms with van der Waals surface area (Å²) in [6.07, 6.45) is 5.25. The Balaban J connectivity index is 2.07. The average molecular weight is 249 g/mol. The molecule has 0 amide bonds. The van der Waals surface area contributed by atoms with Gasteiger partial charge in [-0.2, -0.15) is 0 Å². The van der Waals surface area contributed by atoms with Gasteiger partial charge in [0.25, 0.3) is 0 Å². The lowest BCUT2D eigenvalue weighted by atomic mass is 9.70. The van der Waals surface area contributed by atoms with Gasteiger partial charge in [0.2, 0.25) is 0 Å². The van der Waals surface area contributed by atoms with Crippen molar-refractivity contribution in [2.75, 3.05) is 24.7 Å². The molecule has 0 spiro atoms. The molecule has 1 aliphatic carbocycles. The SMILES string of the molecule is COC(=O)c1cc(NCC2(C)CCC2)ncc1N. The maximum atomic E-state index is 11.5. The normalized spacial score (nSPS) is 16.8. The fraction of sp³-hybridized carbons (Fsp3) is 0.538. The molecule has 1 aromatic heterocycles. The van der Waals surface area contributed by atoms with E-state index in [0.29, 0.717) is 22.5 Å². The Morgan fingerprint density at radius 1 is 1.61 bits per heavy atom. The number of hydrogen-bond acceptors (Lipinski definition) is 5. The van der Waals surface area contributed by atoms with E-state index in [0.717, 1.165) is 6.54 Å². The van der Waals surface area contributed by atoms with Crippen LogP contribution in [0.3, 0.4) is 0 Å². The minimum atomic E-state index is -0.437. The number of methoxy groups -OCH3 is 1. The van der Waals surface area contributed by atoms with Crippen LogP contribution >= 0.6 is 0 Å². The molecule has 0 atom stereocenters. The first kappa shape index (κ1) is 12.7. The fourth-order valence-electron chi connectivity index (χ4n) is 2.11. The molecule has 5 nitrogen and oxygen atoms in total. The fourth-order valence-corrected chi connectivity index (χ4v) is 2.11. The van der Waals surface area contributed by atoms with Crippen LogP contribution in [0.1, 0.15) is 36.5 Å². The van der Waals surface area contributed by atoms with Crippen LogP contribution in [0.5, 0.6) is 0 Å². The lowest BCUT2D eigenvalue weighted by Crippen LogP contribution is -2.33. The molecule has 1 heterocycles. The molecule has 0 bridgehead atoms. The summed E-state index contributed by atoms with van der Waals surface area (Å²) in [5, 5.41) is 3.26. The van der Waals surface area contributed by atoms with E-state index in [4.69, 9.17) is 5.73 Å². The van der Waals surface area contributed by atoms with Crippen LogP contribution in [0.2, 0.25) is 0 Å². The second-order valence-corrected chi connectivity index (χ2v) is 5.17. The number of pyridine rings is 1. The molecule has 0 unspecified atom stereocenters. The molecule has 0 radical (unpaired) electrons. The van der Waals surface area contributed by atoms with E-state index >= 15 is 0 Å². The minimum absolute atomic E-state index is 0.335. The Hall–Kier alpha value is -1.78. The number of carbonyl (C=O) groups is 1. The summed E-state index contributed by atoms with van der Waals surface area (Å²) in [5.74, 6) is 0.227. The highest BCUT2D eigenvalue weighted by atomic mass is 16.5. The lowest BCUT2D eigenvalue weighted by molar-refractivity contribution is 0.0602. The second kappa shape index (κ2) is 4.84. The van der Waals surface area contributed by atoms with Crippen molar-refractivity contribution in [3.05, 3.63) is 17.8 Å². The van der Waals surface area contributed by atoms with E-state index in [2.05, 4.69) is 22.0 Å². The third-order valence-corrected chi connectivity index (χ3v) is 3.60. The molecule has 1 saturated carbocycles. The van der Waals surface area contributed by atoms with Crippen LogP contribution < -0.4 is 11.1 Å². The Kier molecular flexibility index (Phi) is 3.41. The number of nitrogens with one attached hydrogen (secondary N) is 1. The van der Waals surface area contributed by atoms with Gasteiger partial charge in [-0.3, -0.25) is 0 Å². The van der Waals surface area contributed by atoms with Gasteiger partial charge < -0.3 is 15.8 Å². The van der Waals surface area contributed by atoms with Crippen LogP contribution in [0.25, 0.3) is 0 Å². The highest BCUT2D eigenvalue weighted by molar-refractivity contribution is 5.95. The Morgan fingerprint density at radius 3 is 2.89 bits per heavy atom. The minimum Gasteiger partial charge on any atom is -0.465 e. The molecule has 98 valence electrons. The van der Waals surface area contributed by atoms with Crippen LogP contribution in [0, 0.1) is 5.41 Å². The van der Waals surface area contributed by atoms with Crippen LogP contribution in [0.4, 0.5) is 11.5 Å². The number of hydrogen-bond donors (Lipinski definition) is 2. The third-order valence-electron chi connectivity index (χ3n) is 3.60. The van der Waals surface area contributed by atoms with Gasteiger partial charge in [0, 0.05) is 6.54 Å². The largest absolute Gasteiger partial charge is 0.465 e. The standard InChI is InChI=1S/C13H19N3O2/c1-13(4-3-5-13)8-16-11-6-9(12(17)18-2)10(14)7-15-11/h6-7H,3-5,8,14H2,1-2H3,(H,15,16). The lowest BCUT2D eigenvalue weighted by Gasteiger charge is -2.38. The molecule has 1 aromatic rings. The van der Waals surface area contributed by atoms with Gasteiger partial charge in [-0.25, -0.2) is 9.78 Å². The van der Waals surface area contributed by atoms with E-state index in [1.54, 1.807) is 6.07 Å². The smallest absolute Gasteiger partial charge is 0.340 e. The summed E-state index contributed by atoms with van der Waals surface area (Å²) in [6.45, 7) is 3.12. The first-order valence-corrected chi connectivity index (χ1v) is 6.12. The first-order chi connectivity index (χ1) is 8.54. The molecule has 18 heavy (non-hydrogen) atoms. The predicted molar refractivity (Wildman–Crippen MR) is 70.4 cm³/mol. The van der Waals surface area contributed by atoms with Crippen LogP contribution in [-0.4, -0.2) is 24.6 Å². The molecule has 1 aliphatic rings. The van der Waals surface area contributed by atoms with Gasteiger partial charge in [0.15, 0.2) is 0 Å². The predicted octanol–water partition coefficient (Wildman–Crippen LogP) is 2.05. The quantitative estimate of drug-likeness (QED) is 0.799. The Morgan fingerprint density at radius 2 is 2.33 bits per heavy atom. The second-order valence-electron chi connectivity index (χ2n) is 5.17. The average Bonchev–Trinajstić information content (AvgIpc) is 2.34. The third kappa shape index (κ3) is 2.55. The van der Waals surface area contributed by atoms with Gasteiger partial charge >= 0.3 is 5.97 Å². The van der Waals surface area contributed by atoms with E-state index in [9.17, 15) is 4.79 Å². The van der Waals surface area contributed by atoms with Crippen molar-refractivity contribution in [3.63, 3.8) is 0 Å². The van der Waals surface area contributed by atoms with E-state index in [1.165, 1.54) is 32.6 Å². The molecular formula is C13H19N3O2. The van der Waals surface area contributed by atoms with Crippen molar-refractivity contribution in [2.45, 2.75) is 26.2 Å². The zero-order valence-corrected chi connectivity index (χ0v) is 10.8. The number of esters is 1. The highest BCUT2D eigenvalue weighted by Crippen LogP contribution is 2.40. The van der Waals surface area contributed by atoms with Gasteiger partial charge in [-0.05, 0) is 24.3 Å². The monoisotopic (exact) mass is 249 g/mol. The van der Waals surface area contributed by atoms with Crippen molar-refractivity contribution in [3.8, 4) is 0 Å². The topological polar surface area (TPSA) is 77.2 Å². The summed E-state index contributed by atoms with van der Waals surface area (Å²) in [7, 11) is 1.34. The molecular weight excluding hydrogens is 230 g/mol. The van der Waals surface area contributed by atoms with Gasteiger partial charge in [0.1, 0.15) is 5.82 Å². The number of rotatable bonds is 4. The summed E-state index contributed by atoms with van der Waals surface area (Å²) < 4.78 is 4.68. The van der Waals surface area contributed by atoms with Crippen LogP contribution in [0.15, 0.2) is 12.3 Å². The number of ether oxygens (including phenoxy) is 1. The zero-order valence-electron chi connectivity index (χ0n) is 10.8. The number of nitrogen functional groups attached to an aromatic ring is 1. The molecule has 0 aromatic carbocycles. The summed E-state index contributed by atoms with van der Waals surface area (Å²) in [5.41, 5.74) is 6.74. The maximum absolute atomic E-state index is 11.5. The van der Waals surface area contributed by atoms with E-state index < -0.39 is 5.97 Å². The molecule has 3 N–H and O–H groups in total. The number of carbonyl (C=O) groups excluding carboxylic acids is 1. The summed E-state index contributed by atoms with van der Waals surface area (Å²) in [4.78, 5) is 15.7. The van der Waals surface area contributed by atoms with E-state index in [-0.39, 0.29) is 0 Å². The molecule has 1 fully saturated rings. The molecule has 2 rings (SSSR count). The van der Waals surface area contributed by atoms with Crippen molar-refractivity contribution in [2.24, 2.45) is 5.41 Å². The molecule has 0 aliphatic heterocycles. The first-order valence-electron chi connectivity index (χ1n) is 6.12. The van der Waals surface area contributed by atoms with Crippen molar-refractivity contribution in [1.29, 1.82) is 0 Å². The summed E-state index contributed by atoms with van der Waals surface area (Å²) >= 11 is 0. The number of nitrogens with two attached hydrogens (primary N) is 1. The van der Waals surface area contributed by atoms with Crippen molar-refractivity contribution >= 4 is 17.5 Å². The highest BCUT2D eigenvalue weighted by Gasteiger charge is 2.31. The molecule has 5 heteroatoms.